The van der Waals surface area contributed by atoms with Gasteiger partial charge in [0.15, 0.2) is 0 Å². The van der Waals surface area contributed by atoms with Gasteiger partial charge < -0.3 is 15.0 Å². The fraction of sp³-hybridized carbons (Fsp3) is 0.357. The van der Waals surface area contributed by atoms with Crippen molar-refractivity contribution < 1.29 is 4.74 Å². The molecule has 0 aliphatic heterocycles. The molecular formula is C14H19N3O. The second-order valence-corrected chi connectivity index (χ2v) is 4.25. The minimum Gasteiger partial charge on any atom is -0.486 e. The van der Waals surface area contributed by atoms with Gasteiger partial charge in [-0.3, -0.25) is 0 Å². The summed E-state index contributed by atoms with van der Waals surface area (Å²) in [5, 5.41) is 0. The molecule has 1 aromatic heterocycles. The van der Waals surface area contributed by atoms with Crippen molar-refractivity contribution in [2.75, 3.05) is 0 Å². The second kappa shape index (κ2) is 5.69. The summed E-state index contributed by atoms with van der Waals surface area (Å²) in [5.74, 6) is 1.77. The maximum atomic E-state index is 5.75. The van der Waals surface area contributed by atoms with E-state index in [9.17, 15) is 0 Å². The van der Waals surface area contributed by atoms with Crippen LogP contribution in [0.25, 0.3) is 0 Å². The molecule has 4 nitrogen and oxygen atoms in total. The van der Waals surface area contributed by atoms with Crippen LogP contribution in [0.3, 0.4) is 0 Å². The molecule has 4 heteroatoms. The lowest BCUT2D eigenvalue weighted by Gasteiger charge is -2.07. The van der Waals surface area contributed by atoms with E-state index >= 15 is 0 Å². The summed E-state index contributed by atoms with van der Waals surface area (Å²) in [5.41, 5.74) is 7.72. The van der Waals surface area contributed by atoms with E-state index in [2.05, 4.69) is 24.0 Å². The number of nitrogens with zero attached hydrogens (tertiary/aromatic N) is 2. The summed E-state index contributed by atoms with van der Waals surface area (Å²) in [7, 11) is 1.95. The summed E-state index contributed by atoms with van der Waals surface area (Å²) in [6.07, 6.45) is 2.94. The van der Waals surface area contributed by atoms with Crippen LogP contribution in [0.4, 0.5) is 0 Å². The maximum Gasteiger partial charge on any atom is 0.146 e. The first-order chi connectivity index (χ1) is 8.72. The van der Waals surface area contributed by atoms with Crippen LogP contribution in [0.15, 0.2) is 30.5 Å². The predicted molar refractivity (Wildman–Crippen MR) is 71.3 cm³/mol. The normalized spacial score (nSPS) is 10.6. The van der Waals surface area contributed by atoms with Crippen molar-refractivity contribution in [2.45, 2.75) is 26.5 Å². The Morgan fingerprint density at radius 3 is 2.89 bits per heavy atom. The molecule has 2 N–H and O–H groups in total. The lowest BCUT2D eigenvalue weighted by molar-refractivity contribution is 0.291. The highest BCUT2D eigenvalue weighted by atomic mass is 16.5. The van der Waals surface area contributed by atoms with Gasteiger partial charge in [-0.1, -0.05) is 19.1 Å². The zero-order valence-electron chi connectivity index (χ0n) is 10.9. The van der Waals surface area contributed by atoms with Gasteiger partial charge in [0.2, 0.25) is 0 Å². The first-order valence-electron chi connectivity index (χ1n) is 6.16. The standard InChI is InChI=1S/C14H19N3O/c1-3-11-5-4-6-13(7-11)18-10-14-16-12(8-15)9-17(14)2/h4-7,9H,3,8,10,15H2,1-2H3. The van der Waals surface area contributed by atoms with Crippen molar-refractivity contribution >= 4 is 0 Å². The average Bonchev–Trinajstić information content (AvgIpc) is 2.77. The number of imidazole rings is 1. The molecule has 0 bridgehead atoms. The number of nitrogens with two attached hydrogens (primary N) is 1. The molecule has 0 saturated heterocycles. The van der Waals surface area contributed by atoms with Crippen molar-refractivity contribution in [3.63, 3.8) is 0 Å². The molecule has 0 unspecified atom stereocenters. The van der Waals surface area contributed by atoms with Gasteiger partial charge in [0.25, 0.3) is 0 Å². The van der Waals surface area contributed by atoms with Gasteiger partial charge >= 0.3 is 0 Å². The molecule has 18 heavy (non-hydrogen) atoms. The Labute approximate surface area is 107 Å². The Kier molecular flexibility index (Phi) is 3.99. The number of rotatable bonds is 5. The topological polar surface area (TPSA) is 53.1 Å². The molecular weight excluding hydrogens is 226 g/mol. The van der Waals surface area contributed by atoms with Gasteiger partial charge in [0.1, 0.15) is 18.2 Å². The highest BCUT2D eigenvalue weighted by molar-refractivity contribution is 5.28. The van der Waals surface area contributed by atoms with Crippen LogP contribution in [-0.2, 0) is 26.6 Å². The third-order valence-corrected chi connectivity index (χ3v) is 2.91. The maximum absolute atomic E-state index is 5.75. The molecule has 0 atom stereocenters. The number of hydrogen-bond donors (Lipinski definition) is 1. The van der Waals surface area contributed by atoms with E-state index in [0.29, 0.717) is 13.2 Å². The molecule has 0 spiro atoms. The molecule has 1 heterocycles. The Morgan fingerprint density at radius 2 is 2.22 bits per heavy atom. The smallest absolute Gasteiger partial charge is 0.146 e. The Hall–Kier alpha value is -1.81. The summed E-state index contributed by atoms with van der Waals surface area (Å²) in [6, 6.07) is 8.14. The zero-order valence-corrected chi connectivity index (χ0v) is 10.9. The van der Waals surface area contributed by atoms with Gasteiger partial charge in [-0.25, -0.2) is 4.98 Å². The van der Waals surface area contributed by atoms with E-state index in [0.717, 1.165) is 23.7 Å². The van der Waals surface area contributed by atoms with E-state index in [1.54, 1.807) is 0 Å². The van der Waals surface area contributed by atoms with Crippen LogP contribution in [0.1, 0.15) is 24.0 Å². The van der Waals surface area contributed by atoms with Crippen LogP contribution in [0.2, 0.25) is 0 Å². The minimum absolute atomic E-state index is 0.457. The van der Waals surface area contributed by atoms with Crippen LogP contribution in [0.5, 0.6) is 5.75 Å². The molecule has 0 radical (unpaired) electrons. The van der Waals surface area contributed by atoms with Crippen molar-refractivity contribution in [1.82, 2.24) is 9.55 Å². The minimum atomic E-state index is 0.457. The van der Waals surface area contributed by atoms with Gasteiger partial charge in [-0.15, -0.1) is 0 Å². The van der Waals surface area contributed by atoms with Crippen LogP contribution >= 0.6 is 0 Å². The van der Waals surface area contributed by atoms with Crippen molar-refractivity contribution in [3.05, 3.63) is 47.5 Å². The third-order valence-electron chi connectivity index (χ3n) is 2.91. The van der Waals surface area contributed by atoms with Crippen LogP contribution in [-0.4, -0.2) is 9.55 Å². The fourth-order valence-corrected chi connectivity index (χ4v) is 1.81. The highest BCUT2D eigenvalue weighted by Crippen LogP contribution is 2.15. The van der Waals surface area contributed by atoms with E-state index in [4.69, 9.17) is 10.5 Å². The van der Waals surface area contributed by atoms with E-state index in [1.165, 1.54) is 5.56 Å². The molecule has 1 aromatic carbocycles. The molecule has 0 fully saturated rings. The predicted octanol–water partition coefficient (Wildman–Crippen LogP) is 2.02. The summed E-state index contributed by atoms with van der Waals surface area (Å²) < 4.78 is 7.70. The van der Waals surface area contributed by atoms with Crippen LogP contribution in [0, 0.1) is 0 Å². The van der Waals surface area contributed by atoms with Crippen molar-refractivity contribution in [3.8, 4) is 5.75 Å². The van der Waals surface area contributed by atoms with E-state index in [1.807, 2.05) is 29.9 Å². The Balaban J connectivity index is 2.03. The quantitative estimate of drug-likeness (QED) is 0.876. The largest absolute Gasteiger partial charge is 0.486 e. The molecule has 0 aliphatic rings. The summed E-state index contributed by atoms with van der Waals surface area (Å²) in [6.45, 7) is 3.05. The van der Waals surface area contributed by atoms with Gasteiger partial charge in [-0.05, 0) is 24.1 Å². The van der Waals surface area contributed by atoms with E-state index < -0.39 is 0 Å². The molecule has 96 valence electrons. The van der Waals surface area contributed by atoms with Crippen LogP contribution < -0.4 is 10.5 Å². The monoisotopic (exact) mass is 245 g/mol. The summed E-state index contributed by atoms with van der Waals surface area (Å²) in [4.78, 5) is 4.40. The van der Waals surface area contributed by atoms with Crippen molar-refractivity contribution in [2.24, 2.45) is 12.8 Å². The molecule has 0 amide bonds. The SMILES string of the molecule is CCc1cccc(OCc2nc(CN)cn2C)c1. The Bertz CT molecular complexity index is 520. The lowest BCUT2D eigenvalue weighted by Crippen LogP contribution is -2.03. The van der Waals surface area contributed by atoms with Gasteiger partial charge in [0.05, 0.1) is 5.69 Å². The molecule has 0 saturated carbocycles. The average molecular weight is 245 g/mol. The zero-order chi connectivity index (χ0) is 13.0. The first-order valence-corrected chi connectivity index (χ1v) is 6.16. The van der Waals surface area contributed by atoms with Gasteiger partial charge in [-0.2, -0.15) is 0 Å². The van der Waals surface area contributed by atoms with E-state index in [-0.39, 0.29) is 0 Å². The first kappa shape index (κ1) is 12.6. The van der Waals surface area contributed by atoms with Crippen molar-refractivity contribution in [1.29, 1.82) is 0 Å². The van der Waals surface area contributed by atoms with Gasteiger partial charge in [0, 0.05) is 19.8 Å². The number of hydrogen-bond acceptors (Lipinski definition) is 3. The lowest BCUT2D eigenvalue weighted by atomic mass is 10.2. The fourth-order valence-electron chi connectivity index (χ4n) is 1.81. The number of ether oxygens (including phenoxy) is 1. The molecule has 2 rings (SSSR count). The molecule has 0 aliphatic carbocycles. The summed E-state index contributed by atoms with van der Waals surface area (Å²) >= 11 is 0. The highest BCUT2D eigenvalue weighted by Gasteiger charge is 2.05. The number of aromatic nitrogens is 2. The molecule has 2 aromatic rings. The second-order valence-electron chi connectivity index (χ2n) is 4.25. The number of aryl methyl sites for hydroxylation is 2. The Morgan fingerprint density at radius 1 is 1.39 bits per heavy atom. The number of benzene rings is 1. The third kappa shape index (κ3) is 2.90.